The van der Waals surface area contributed by atoms with Crippen LogP contribution < -0.4 is 5.32 Å². The molecule has 1 aromatic rings. The summed E-state index contributed by atoms with van der Waals surface area (Å²) in [6.45, 7) is 4.16. The van der Waals surface area contributed by atoms with Crippen molar-refractivity contribution < 1.29 is 4.74 Å². The number of hydrogen-bond donors (Lipinski definition) is 1. The van der Waals surface area contributed by atoms with Crippen molar-refractivity contribution in [3.8, 4) is 0 Å². The van der Waals surface area contributed by atoms with Crippen molar-refractivity contribution in [1.29, 1.82) is 0 Å². The first-order valence-electron chi connectivity index (χ1n) is 5.63. The maximum Gasteiger partial charge on any atom is 0.0970 e. The molecular formula is C12H18N2O. The maximum absolute atomic E-state index is 5.95. The molecule has 1 aliphatic rings. The van der Waals surface area contributed by atoms with Gasteiger partial charge in [0.2, 0.25) is 0 Å². The molecule has 0 aliphatic carbocycles. The summed E-state index contributed by atoms with van der Waals surface area (Å²) >= 11 is 0. The van der Waals surface area contributed by atoms with E-state index < -0.39 is 0 Å². The molecule has 1 aromatic heterocycles. The van der Waals surface area contributed by atoms with Gasteiger partial charge in [-0.3, -0.25) is 4.98 Å². The SMILES string of the molecule is C[C@@H](O[C@@H]1CCCNC1)c1ccccn1. The lowest BCUT2D eigenvalue weighted by Crippen LogP contribution is -2.35. The van der Waals surface area contributed by atoms with E-state index in [0.717, 1.165) is 25.2 Å². The zero-order chi connectivity index (χ0) is 10.5. The van der Waals surface area contributed by atoms with Gasteiger partial charge < -0.3 is 10.1 Å². The molecule has 15 heavy (non-hydrogen) atoms. The summed E-state index contributed by atoms with van der Waals surface area (Å²) in [4.78, 5) is 4.30. The summed E-state index contributed by atoms with van der Waals surface area (Å²) in [5.41, 5.74) is 1.02. The molecule has 0 radical (unpaired) electrons. The molecule has 0 unspecified atom stereocenters. The van der Waals surface area contributed by atoms with E-state index in [4.69, 9.17) is 4.74 Å². The molecule has 1 aliphatic heterocycles. The number of rotatable bonds is 3. The Bertz CT molecular complexity index is 283. The largest absolute Gasteiger partial charge is 0.368 e. The molecule has 82 valence electrons. The van der Waals surface area contributed by atoms with Crippen molar-refractivity contribution >= 4 is 0 Å². The van der Waals surface area contributed by atoms with Crippen LogP contribution in [0.2, 0.25) is 0 Å². The minimum Gasteiger partial charge on any atom is -0.368 e. The van der Waals surface area contributed by atoms with Crippen molar-refractivity contribution in [3.05, 3.63) is 30.1 Å². The Morgan fingerprint density at radius 2 is 2.47 bits per heavy atom. The molecule has 0 amide bonds. The first kappa shape index (κ1) is 10.6. The topological polar surface area (TPSA) is 34.1 Å². The van der Waals surface area contributed by atoms with Crippen LogP contribution in [0.5, 0.6) is 0 Å². The van der Waals surface area contributed by atoms with Crippen LogP contribution in [-0.4, -0.2) is 24.2 Å². The van der Waals surface area contributed by atoms with Crippen LogP contribution in [0.1, 0.15) is 31.6 Å². The highest BCUT2D eigenvalue weighted by atomic mass is 16.5. The molecule has 0 bridgehead atoms. The van der Waals surface area contributed by atoms with Gasteiger partial charge in [-0.2, -0.15) is 0 Å². The van der Waals surface area contributed by atoms with Crippen molar-refractivity contribution in [3.63, 3.8) is 0 Å². The van der Waals surface area contributed by atoms with E-state index >= 15 is 0 Å². The first-order valence-corrected chi connectivity index (χ1v) is 5.63. The molecule has 3 heteroatoms. The normalized spacial score (nSPS) is 23.7. The molecule has 1 fully saturated rings. The Morgan fingerprint density at radius 1 is 1.53 bits per heavy atom. The van der Waals surface area contributed by atoms with Crippen molar-refractivity contribution in [2.75, 3.05) is 13.1 Å². The molecule has 2 rings (SSSR count). The van der Waals surface area contributed by atoms with Gasteiger partial charge >= 0.3 is 0 Å². The Morgan fingerprint density at radius 3 is 3.13 bits per heavy atom. The van der Waals surface area contributed by atoms with E-state index in [1.807, 2.05) is 24.4 Å². The summed E-state index contributed by atoms with van der Waals surface area (Å²) in [5, 5.41) is 3.35. The third-order valence-electron chi connectivity index (χ3n) is 2.75. The number of nitrogens with zero attached hydrogens (tertiary/aromatic N) is 1. The fraction of sp³-hybridized carbons (Fsp3) is 0.583. The van der Waals surface area contributed by atoms with E-state index in [1.54, 1.807) is 0 Å². The van der Waals surface area contributed by atoms with Gasteiger partial charge in [-0.1, -0.05) is 6.07 Å². The Balaban J connectivity index is 1.88. The third kappa shape index (κ3) is 3.01. The van der Waals surface area contributed by atoms with E-state index in [9.17, 15) is 0 Å². The zero-order valence-corrected chi connectivity index (χ0v) is 9.15. The van der Waals surface area contributed by atoms with Gasteiger partial charge in [0.25, 0.3) is 0 Å². The molecule has 0 spiro atoms. The number of ether oxygens (including phenoxy) is 1. The lowest BCUT2D eigenvalue weighted by atomic mass is 10.1. The van der Waals surface area contributed by atoms with Gasteiger partial charge in [0, 0.05) is 12.7 Å². The fourth-order valence-electron chi connectivity index (χ4n) is 1.91. The summed E-state index contributed by atoms with van der Waals surface area (Å²) in [5.74, 6) is 0. The van der Waals surface area contributed by atoms with E-state index in [1.165, 1.54) is 6.42 Å². The van der Waals surface area contributed by atoms with Crippen LogP contribution in [-0.2, 0) is 4.74 Å². The monoisotopic (exact) mass is 206 g/mol. The summed E-state index contributed by atoms with van der Waals surface area (Å²) in [6.07, 6.45) is 4.62. The van der Waals surface area contributed by atoms with Crippen molar-refractivity contribution in [1.82, 2.24) is 10.3 Å². The van der Waals surface area contributed by atoms with E-state index in [2.05, 4.69) is 17.2 Å². The molecule has 3 nitrogen and oxygen atoms in total. The highest BCUT2D eigenvalue weighted by Gasteiger charge is 2.17. The first-order chi connectivity index (χ1) is 7.36. The van der Waals surface area contributed by atoms with Crippen LogP contribution in [0.4, 0.5) is 0 Å². The van der Waals surface area contributed by atoms with E-state index in [0.29, 0.717) is 6.10 Å². The van der Waals surface area contributed by atoms with Crippen LogP contribution in [0.3, 0.4) is 0 Å². The molecule has 0 aromatic carbocycles. The lowest BCUT2D eigenvalue weighted by molar-refractivity contribution is -0.0169. The second-order valence-corrected chi connectivity index (χ2v) is 4.00. The molecule has 1 N–H and O–H groups in total. The second kappa shape index (κ2) is 5.24. The highest BCUT2D eigenvalue weighted by Crippen LogP contribution is 2.18. The average molecular weight is 206 g/mol. The van der Waals surface area contributed by atoms with Gasteiger partial charge in [-0.15, -0.1) is 0 Å². The minimum atomic E-state index is 0.0936. The second-order valence-electron chi connectivity index (χ2n) is 4.00. The van der Waals surface area contributed by atoms with Crippen LogP contribution in [0.15, 0.2) is 24.4 Å². The van der Waals surface area contributed by atoms with Crippen molar-refractivity contribution in [2.24, 2.45) is 0 Å². The Labute approximate surface area is 90.9 Å². The highest BCUT2D eigenvalue weighted by molar-refractivity contribution is 5.06. The minimum absolute atomic E-state index is 0.0936. The fourth-order valence-corrected chi connectivity index (χ4v) is 1.91. The van der Waals surface area contributed by atoms with Crippen LogP contribution in [0.25, 0.3) is 0 Å². The lowest BCUT2D eigenvalue weighted by Gasteiger charge is -2.26. The predicted octanol–water partition coefficient (Wildman–Crippen LogP) is 1.91. The van der Waals surface area contributed by atoms with Gasteiger partial charge in [-0.05, 0) is 38.4 Å². The molecule has 1 saturated heterocycles. The van der Waals surface area contributed by atoms with E-state index in [-0.39, 0.29) is 6.10 Å². The number of aromatic nitrogens is 1. The Hall–Kier alpha value is -0.930. The van der Waals surface area contributed by atoms with Crippen LogP contribution >= 0.6 is 0 Å². The number of nitrogens with one attached hydrogen (secondary N) is 1. The molecule has 0 saturated carbocycles. The number of hydrogen-bond acceptors (Lipinski definition) is 3. The maximum atomic E-state index is 5.95. The number of piperidine rings is 1. The smallest absolute Gasteiger partial charge is 0.0970 e. The van der Waals surface area contributed by atoms with Gasteiger partial charge in [0.05, 0.1) is 17.9 Å². The number of pyridine rings is 1. The molecular weight excluding hydrogens is 188 g/mol. The summed E-state index contributed by atoms with van der Waals surface area (Å²) in [6, 6.07) is 5.95. The van der Waals surface area contributed by atoms with Crippen molar-refractivity contribution in [2.45, 2.75) is 32.0 Å². The quantitative estimate of drug-likeness (QED) is 0.820. The van der Waals surface area contributed by atoms with Gasteiger partial charge in [0.1, 0.15) is 0 Å². The standard InChI is InChI=1S/C12H18N2O/c1-10(12-6-2-3-8-14-12)15-11-5-4-7-13-9-11/h2-3,6,8,10-11,13H,4-5,7,9H2,1H3/t10-,11-/m1/s1. The molecule has 2 atom stereocenters. The zero-order valence-electron chi connectivity index (χ0n) is 9.15. The Kier molecular flexibility index (Phi) is 3.69. The predicted molar refractivity (Wildman–Crippen MR) is 59.6 cm³/mol. The third-order valence-corrected chi connectivity index (χ3v) is 2.75. The van der Waals surface area contributed by atoms with Gasteiger partial charge in [-0.25, -0.2) is 0 Å². The molecule has 2 heterocycles. The van der Waals surface area contributed by atoms with Gasteiger partial charge in [0.15, 0.2) is 0 Å². The summed E-state index contributed by atoms with van der Waals surface area (Å²) < 4.78 is 5.95. The average Bonchev–Trinajstić information content (AvgIpc) is 2.31. The summed E-state index contributed by atoms with van der Waals surface area (Å²) in [7, 11) is 0. The van der Waals surface area contributed by atoms with Crippen LogP contribution in [0, 0.1) is 0 Å².